The van der Waals surface area contributed by atoms with Crippen LogP contribution in [0, 0.1) is 0 Å². The van der Waals surface area contributed by atoms with Crippen molar-refractivity contribution >= 4 is 0 Å². The van der Waals surface area contributed by atoms with Gasteiger partial charge in [0.25, 0.3) is 0 Å². The van der Waals surface area contributed by atoms with Gasteiger partial charge < -0.3 is 9.26 Å². The lowest BCUT2D eigenvalue weighted by Crippen LogP contribution is -2.21. The van der Waals surface area contributed by atoms with Gasteiger partial charge in [-0.25, -0.2) is 0 Å². The predicted molar refractivity (Wildman–Crippen MR) is 76.7 cm³/mol. The van der Waals surface area contributed by atoms with Crippen molar-refractivity contribution in [2.75, 3.05) is 20.7 Å². The molecule has 0 unspecified atom stereocenters. The molecular weight excluding hydrogens is 254 g/mol. The van der Waals surface area contributed by atoms with E-state index < -0.39 is 0 Å². The zero-order valence-electron chi connectivity index (χ0n) is 12.3. The third-order valence-corrected chi connectivity index (χ3v) is 3.19. The molecule has 0 atom stereocenters. The molecule has 1 aromatic carbocycles. The summed E-state index contributed by atoms with van der Waals surface area (Å²) < 4.78 is 10.6. The molecule has 0 saturated carbocycles. The van der Waals surface area contributed by atoms with Gasteiger partial charge in [0, 0.05) is 13.0 Å². The van der Waals surface area contributed by atoms with Crippen LogP contribution in [0.5, 0.6) is 5.75 Å². The zero-order valence-corrected chi connectivity index (χ0v) is 12.3. The summed E-state index contributed by atoms with van der Waals surface area (Å²) >= 11 is 0. The summed E-state index contributed by atoms with van der Waals surface area (Å²) in [6, 6.07) is 8.09. The van der Waals surface area contributed by atoms with Crippen LogP contribution in [0.1, 0.15) is 24.2 Å². The van der Waals surface area contributed by atoms with Gasteiger partial charge in [-0.2, -0.15) is 4.98 Å². The molecule has 0 aliphatic carbocycles. The lowest BCUT2D eigenvalue weighted by Gasteiger charge is -2.15. The minimum Gasteiger partial charge on any atom is -0.496 e. The Bertz CT molecular complexity index is 539. The average molecular weight is 275 g/mol. The number of ether oxygens (including phenoxy) is 1. The topological polar surface area (TPSA) is 51.4 Å². The molecule has 1 heterocycles. The molecule has 0 aliphatic heterocycles. The minimum atomic E-state index is 0.669. The summed E-state index contributed by atoms with van der Waals surface area (Å²) in [4.78, 5) is 6.48. The number of aromatic nitrogens is 2. The van der Waals surface area contributed by atoms with Crippen molar-refractivity contribution in [2.24, 2.45) is 0 Å². The predicted octanol–water partition coefficient (Wildman–Crippen LogP) is 2.32. The van der Waals surface area contributed by atoms with Crippen LogP contribution >= 0.6 is 0 Å². The van der Waals surface area contributed by atoms with Crippen LogP contribution < -0.4 is 4.74 Å². The van der Waals surface area contributed by atoms with E-state index in [1.807, 2.05) is 32.2 Å². The standard InChI is InChI=1S/C15H21N3O2/c1-4-14-16-15(20-17-14)11-18(2)10-9-12-7-5-6-8-13(12)19-3/h5-8H,4,9-11H2,1-3H3. The number of rotatable bonds is 7. The number of hydrogen-bond acceptors (Lipinski definition) is 5. The van der Waals surface area contributed by atoms with E-state index in [2.05, 4.69) is 21.1 Å². The molecule has 0 saturated heterocycles. The molecule has 5 nitrogen and oxygen atoms in total. The Labute approximate surface area is 119 Å². The van der Waals surface area contributed by atoms with Gasteiger partial charge in [-0.05, 0) is 25.1 Å². The van der Waals surface area contributed by atoms with Crippen molar-refractivity contribution in [3.63, 3.8) is 0 Å². The molecule has 108 valence electrons. The van der Waals surface area contributed by atoms with E-state index in [-0.39, 0.29) is 0 Å². The van der Waals surface area contributed by atoms with Gasteiger partial charge in [-0.1, -0.05) is 30.3 Å². The first kappa shape index (κ1) is 14.5. The molecule has 2 aromatic rings. The molecule has 0 fully saturated rings. The third-order valence-electron chi connectivity index (χ3n) is 3.19. The molecular formula is C15H21N3O2. The van der Waals surface area contributed by atoms with Crippen LogP contribution in [0.25, 0.3) is 0 Å². The van der Waals surface area contributed by atoms with Crippen LogP contribution in [0.4, 0.5) is 0 Å². The maximum absolute atomic E-state index is 5.35. The van der Waals surface area contributed by atoms with Gasteiger partial charge in [0.15, 0.2) is 5.82 Å². The number of hydrogen-bond donors (Lipinski definition) is 0. The number of benzene rings is 1. The van der Waals surface area contributed by atoms with E-state index >= 15 is 0 Å². The van der Waals surface area contributed by atoms with E-state index in [1.54, 1.807) is 7.11 Å². The quantitative estimate of drug-likeness (QED) is 0.776. The average Bonchev–Trinajstić information content (AvgIpc) is 2.93. The fraction of sp³-hybridized carbons (Fsp3) is 0.467. The fourth-order valence-electron chi connectivity index (χ4n) is 2.03. The molecule has 1 aromatic heterocycles. The second-order valence-corrected chi connectivity index (χ2v) is 4.76. The summed E-state index contributed by atoms with van der Waals surface area (Å²) in [5.74, 6) is 2.37. The van der Waals surface area contributed by atoms with Crippen molar-refractivity contribution in [1.29, 1.82) is 0 Å². The summed E-state index contributed by atoms with van der Waals surface area (Å²) in [6.07, 6.45) is 1.73. The third kappa shape index (κ3) is 3.81. The van der Waals surface area contributed by atoms with Gasteiger partial charge in [0.1, 0.15) is 5.75 Å². The number of aryl methyl sites for hydroxylation is 1. The largest absolute Gasteiger partial charge is 0.496 e. The highest BCUT2D eigenvalue weighted by Gasteiger charge is 2.09. The van der Waals surface area contributed by atoms with Gasteiger partial charge in [0.05, 0.1) is 13.7 Å². The van der Waals surface area contributed by atoms with Crippen molar-refractivity contribution < 1.29 is 9.26 Å². The van der Waals surface area contributed by atoms with Gasteiger partial charge in [-0.15, -0.1) is 0 Å². The maximum Gasteiger partial charge on any atom is 0.240 e. The Morgan fingerprint density at radius 2 is 2.10 bits per heavy atom. The highest BCUT2D eigenvalue weighted by atomic mass is 16.5. The van der Waals surface area contributed by atoms with E-state index in [0.717, 1.165) is 31.0 Å². The van der Waals surface area contributed by atoms with E-state index in [4.69, 9.17) is 9.26 Å². The Morgan fingerprint density at radius 3 is 2.80 bits per heavy atom. The summed E-state index contributed by atoms with van der Waals surface area (Å²) in [7, 11) is 3.75. The summed E-state index contributed by atoms with van der Waals surface area (Å²) in [5, 5.41) is 3.90. The zero-order chi connectivity index (χ0) is 14.4. The van der Waals surface area contributed by atoms with Crippen molar-refractivity contribution in [2.45, 2.75) is 26.3 Å². The Hall–Kier alpha value is -1.88. The first-order valence-electron chi connectivity index (χ1n) is 6.84. The Morgan fingerprint density at radius 1 is 1.30 bits per heavy atom. The number of likely N-dealkylation sites (N-methyl/N-ethyl adjacent to an activating group) is 1. The molecule has 5 heteroatoms. The molecule has 0 N–H and O–H groups in total. The summed E-state index contributed by atoms with van der Waals surface area (Å²) in [6.45, 7) is 3.59. The monoisotopic (exact) mass is 275 g/mol. The summed E-state index contributed by atoms with van der Waals surface area (Å²) in [5.41, 5.74) is 1.21. The van der Waals surface area contributed by atoms with E-state index in [1.165, 1.54) is 5.56 Å². The smallest absolute Gasteiger partial charge is 0.240 e. The Kier molecular flexibility index (Phi) is 5.12. The number of methoxy groups -OCH3 is 1. The highest BCUT2D eigenvalue weighted by molar-refractivity contribution is 5.33. The number of nitrogens with zero attached hydrogens (tertiary/aromatic N) is 3. The fourth-order valence-corrected chi connectivity index (χ4v) is 2.03. The lowest BCUT2D eigenvalue weighted by molar-refractivity contribution is 0.267. The molecule has 0 bridgehead atoms. The SMILES string of the molecule is CCc1noc(CN(C)CCc2ccccc2OC)n1. The van der Waals surface area contributed by atoms with Crippen molar-refractivity contribution in [1.82, 2.24) is 15.0 Å². The second kappa shape index (κ2) is 7.05. The van der Waals surface area contributed by atoms with E-state index in [0.29, 0.717) is 12.4 Å². The first-order valence-corrected chi connectivity index (χ1v) is 6.84. The molecule has 20 heavy (non-hydrogen) atoms. The van der Waals surface area contributed by atoms with Gasteiger partial charge >= 0.3 is 0 Å². The van der Waals surface area contributed by atoms with Crippen molar-refractivity contribution in [3.05, 3.63) is 41.5 Å². The molecule has 0 amide bonds. The second-order valence-electron chi connectivity index (χ2n) is 4.76. The maximum atomic E-state index is 5.35. The first-order chi connectivity index (χ1) is 9.72. The molecule has 0 spiro atoms. The van der Waals surface area contributed by atoms with Gasteiger partial charge in [-0.3, -0.25) is 4.90 Å². The number of para-hydroxylation sites is 1. The van der Waals surface area contributed by atoms with Crippen LogP contribution in [-0.4, -0.2) is 35.7 Å². The van der Waals surface area contributed by atoms with E-state index in [9.17, 15) is 0 Å². The van der Waals surface area contributed by atoms with Crippen LogP contribution in [0.3, 0.4) is 0 Å². The van der Waals surface area contributed by atoms with Crippen LogP contribution in [0.2, 0.25) is 0 Å². The molecule has 0 aliphatic rings. The van der Waals surface area contributed by atoms with Crippen LogP contribution in [-0.2, 0) is 19.4 Å². The molecule has 2 rings (SSSR count). The lowest BCUT2D eigenvalue weighted by atomic mass is 10.1. The minimum absolute atomic E-state index is 0.669. The van der Waals surface area contributed by atoms with Gasteiger partial charge in [0.2, 0.25) is 5.89 Å². The molecule has 0 radical (unpaired) electrons. The Balaban J connectivity index is 1.87. The highest BCUT2D eigenvalue weighted by Crippen LogP contribution is 2.18. The normalized spacial score (nSPS) is 11.0. The van der Waals surface area contributed by atoms with Crippen LogP contribution in [0.15, 0.2) is 28.8 Å². The van der Waals surface area contributed by atoms with Crippen molar-refractivity contribution in [3.8, 4) is 5.75 Å².